The van der Waals surface area contributed by atoms with Gasteiger partial charge in [0.25, 0.3) is 0 Å². The third-order valence-electron chi connectivity index (χ3n) is 5.62. The average Bonchev–Trinajstić information content (AvgIpc) is 3.06. The van der Waals surface area contributed by atoms with E-state index in [1.54, 1.807) is 0 Å². The molecule has 0 spiro atoms. The van der Waals surface area contributed by atoms with E-state index in [4.69, 9.17) is 9.97 Å². The third kappa shape index (κ3) is 3.15. The molecule has 0 atom stereocenters. The van der Waals surface area contributed by atoms with Gasteiger partial charge in [-0.1, -0.05) is 30.3 Å². The van der Waals surface area contributed by atoms with Gasteiger partial charge >= 0.3 is 0 Å². The first-order valence-corrected chi connectivity index (χ1v) is 9.58. The second-order valence-corrected chi connectivity index (χ2v) is 7.73. The second-order valence-electron chi connectivity index (χ2n) is 7.73. The molecular weight excluding hydrogens is 308 g/mol. The highest BCUT2D eigenvalue weighted by molar-refractivity contribution is 5.52. The lowest BCUT2D eigenvalue weighted by Crippen LogP contribution is -2.28. The summed E-state index contributed by atoms with van der Waals surface area (Å²) in [5.74, 6) is 2.16. The van der Waals surface area contributed by atoms with Gasteiger partial charge in [-0.3, -0.25) is 0 Å². The fourth-order valence-corrected chi connectivity index (χ4v) is 3.98. The molecule has 1 saturated heterocycles. The Morgan fingerprint density at radius 2 is 1.68 bits per heavy atom. The van der Waals surface area contributed by atoms with E-state index < -0.39 is 0 Å². The van der Waals surface area contributed by atoms with Crippen LogP contribution >= 0.6 is 0 Å². The van der Waals surface area contributed by atoms with Gasteiger partial charge in [0.2, 0.25) is 0 Å². The number of benzene rings is 1. The van der Waals surface area contributed by atoms with Crippen molar-refractivity contribution in [1.29, 1.82) is 0 Å². The Labute approximate surface area is 150 Å². The maximum atomic E-state index is 5.14. The van der Waals surface area contributed by atoms with Gasteiger partial charge in [0, 0.05) is 37.0 Å². The lowest BCUT2D eigenvalue weighted by molar-refractivity contribution is 0.582. The summed E-state index contributed by atoms with van der Waals surface area (Å²) in [6, 6.07) is 10.6. The highest BCUT2D eigenvalue weighted by Crippen LogP contribution is 2.33. The van der Waals surface area contributed by atoms with E-state index in [9.17, 15) is 0 Å². The molecule has 4 nitrogen and oxygen atoms in total. The van der Waals surface area contributed by atoms with Crippen LogP contribution < -0.4 is 10.2 Å². The molecule has 1 N–H and O–H groups in total. The van der Waals surface area contributed by atoms with Crippen LogP contribution in [0.5, 0.6) is 0 Å². The van der Waals surface area contributed by atoms with Gasteiger partial charge in [0.05, 0.1) is 5.69 Å². The quantitative estimate of drug-likeness (QED) is 0.935. The molecule has 1 aromatic heterocycles. The highest BCUT2D eigenvalue weighted by atomic mass is 15.2. The van der Waals surface area contributed by atoms with Crippen LogP contribution in [0, 0.1) is 0 Å². The minimum Gasteiger partial charge on any atom is -0.356 e. The monoisotopic (exact) mass is 336 g/mol. The summed E-state index contributed by atoms with van der Waals surface area (Å²) in [6.45, 7) is 8.77. The van der Waals surface area contributed by atoms with Crippen molar-refractivity contribution in [3.05, 3.63) is 53.0 Å². The smallest absolute Gasteiger partial charge is 0.140 e. The molecule has 2 aromatic rings. The molecular formula is C21H28N4. The maximum Gasteiger partial charge on any atom is 0.140 e. The molecule has 0 aliphatic carbocycles. The number of nitrogens with one attached hydrogen (secondary N) is 1. The molecule has 0 bridgehead atoms. The zero-order chi connectivity index (χ0) is 17.3. The molecule has 25 heavy (non-hydrogen) atoms. The van der Waals surface area contributed by atoms with Gasteiger partial charge in [-0.15, -0.1) is 0 Å². The first-order chi connectivity index (χ1) is 12.2. The van der Waals surface area contributed by atoms with E-state index in [0.29, 0.717) is 0 Å². The molecule has 0 radical (unpaired) electrons. The van der Waals surface area contributed by atoms with Gasteiger partial charge in [0.1, 0.15) is 11.6 Å². The topological polar surface area (TPSA) is 41.1 Å². The van der Waals surface area contributed by atoms with Crippen LogP contribution in [-0.4, -0.2) is 36.1 Å². The van der Waals surface area contributed by atoms with E-state index in [2.05, 4.69) is 54.4 Å². The van der Waals surface area contributed by atoms with Gasteiger partial charge < -0.3 is 10.2 Å². The molecule has 132 valence electrons. The summed E-state index contributed by atoms with van der Waals surface area (Å²) in [5.41, 5.74) is 3.71. The number of hydrogen-bond donors (Lipinski definition) is 1. The van der Waals surface area contributed by atoms with Crippen molar-refractivity contribution >= 4 is 5.82 Å². The van der Waals surface area contributed by atoms with Gasteiger partial charge in [-0.25, -0.2) is 9.97 Å². The van der Waals surface area contributed by atoms with Crippen molar-refractivity contribution in [2.75, 3.05) is 31.1 Å². The summed E-state index contributed by atoms with van der Waals surface area (Å²) >= 11 is 0. The molecule has 0 saturated carbocycles. The molecule has 0 unspecified atom stereocenters. The van der Waals surface area contributed by atoms with Crippen LogP contribution in [0.25, 0.3) is 0 Å². The summed E-state index contributed by atoms with van der Waals surface area (Å²) in [5, 5.41) is 3.52. The van der Waals surface area contributed by atoms with Crippen molar-refractivity contribution in [2.24, 2.45) is 0 Å². The van der Waals surface area contributed by atoms with Crippen LogP contribution in [0.15, 0.2) is 30.3 Å². The largest absolute Gasteiger partial charge is 0.356 e. The van der Waals surface area contributed by atoms with E-state index in [0.717, 1.165) is 44.8 Å². The van der Waals surface area contributed by atoms with Crippen molar-refractivity contribution < 1.29 is 0 Å². The summed E-state index contributed by atoms with van der Waals surface area (Å²) in [6.07, 6.45) is 4.58. The summed E-state index contributed by atoms with van der Waals surface area (Å²) < 4.78 is 0. The summed E-state index contributed by atoms with van der Waals surface area (Å²) in [4.78, 5) is 12.7. The minimum atomic E-state index is -0.190. The molecule has 2 aliphatic heterocycles. The Bertz CT molecular complexity index is 733. The van der Waals surface area contributed by atoms with Crippen molar-refractivity contribution in [2.45, 2.75) is 44.9 Å². The van der Waals surface area contributed by atoms with E-state index in [1.165, 1.54) is 35.5 Å². The van der Waals surface area contributed by atoms with Gasteiger partial charge in [-0.05, 0) is 45.2 Å². The number of rotatable bonds is 3. The van der Waals surface area contributed by atoms with Crippen LogP contribution in [0.3, 0.4) is 0 Å². The number of aromatic nitrogens is 2. The Hall–Kier alpha value is -1.94. The number of hydrogen-bond acceptors (Lipinski definition) is 4. The molecule has 2 aliphatic rings. The fourth-order valence-electron chi connectivity index (χ4n) is 3.98. The average molecular weight is 336 g/mol. The van der Waals surface area contributed by atoms with E-state index >= 15 is 0 Å². The van der Waals surface area contributed by atoms with Gasteiger partial charge in [-0.2, -0.15) is 0 Å². The standard InChI is InChI=1S/C21H28N4/c1-21(2,16-8-4-3-5-9-16)20-23-18-11-13-22-12-10-17(18)19(24-20)25-14-6-7-15-25/h3-5,8-9,22H,6-7,10-15H2,1-2H3. The molecule has 0 amide bonds. The zero-order valence-corrected chi connectivity index (χ0v) is 15.4. The Morgan fingerprint density at radius 3 is 2.44 bits per heavy atom. The van der Waals surface area contributed by atoms with E-state index in [1.807, 2.05) is 0 Å². The van der Waals surface area contributed by atoms with Crippen LogP contribution in [0.1, 0.15) is 49.3 Å². The van der Waals surface area contributed by atoms with Crippen LogP contribution in [0.4, 0.5) is 5.82 Å². The van der Waals surface area contributed by atoms with Crippen molar-refractivity contribution in [3.8, 4) is 0 Å². The predicted molar refractivity (Wildman–Crippen MR) is 102 cm³/mol. The van der Waals surface area contributed by atoms with Gasteiger partial charge in [0.15, 0.2) is 0 Å². The van der Waals surface area contributed by atoms with Crippen molar-refractivity contribution in [3.63, 3.8) is 0 Å². The first-order valence-electron chi connectivity index (χ1n) is 9.58. The first kappa shape index (κ1) is 16.5. The fraction of sp³-hybridized carbons (Fsp3) is 0.524. The number of nitrogens with zero attached hydrogens (tertiary/aromatic N) is 3. The van der Waals surface area contributed by atoms with E-state index in [-0.39, 0.29) is 5.41 Å². The third-order valence-corrected chi connectivity index (χ3v) is 5.62. The van der Waals surface area contributed by atoms with Crippen LogP contribution in [0.2, 0.25) is 0 Å². The normalized spacial score (nSPS) is 18.1. The zero-order valence-electron chi connectivity index (χ0n) is 15.4. The molecule has 4 rings (SSSR count). The Balaban J connectivity index is 1.83. The SMILES string of the molecule is CC(C)(c1ccccc1)c1nc2c(c(N3CCCC3)n1)CCNCC2. The Kier molecular flexibility index (Phi) is 4.46. The van der Waals surface area contributed by atoms with Crippen LogP contribution in [-0.2, 0) is 18.3 Å². The number of anilines is 1. The highest BCUT2D eigenvalue weighted by Gasteiger charge is 2.30. The predicted octanol–water partition coefficient (Wildman–Crippen LogP) is 3.09. The lowest BCUT2D eigenvalue weighted by atomic mass is 9.83. The Morgan fingerprint density at radius 1 is 0.960 bits per heavy atom. The molecule has 1 fully saturated rings. The second kappa shape index (κ2) is 6.75. The van der Waals surface area contributed by atoms with Crippen molar-refractivity contribution in [1.82, 2.24) is 15.3 Å². The lowest BCUT2D eigenvalue weighted by Gasteiger charge is -2.28. The maximum absolute atomic E-state index is 5.14. The molecule has 4 heteroatoms. The minimum absolute atomic E-state index is 0.190. The molecule has 3 heterocycles. The molecule has 1 aromatic carbocycles. The summed E-state index contributed by atoms with van der Waals surface area (Å²) in [7, 11) is 0. The number of fused-ring (bicyclic) bond motifs is 1.